The fourth-order valence-corrected chi connectivity index (χ4v) is 2.65. The topological polar surface area (TPSA) is 39.3 Å². The van der Waals surface area contributed by atoms with Crippen molar-refractivity contribution in [1.82, 2.24) is 20.9 Å². The lowest BCUT2D eigenvalue weighted by molar-refractivity contribution is 0.192. The third-order valence-corrected chi connectivity index (χ3v) is 3.58. The minimum Gasteiger partial charge on any atom is -0.316 e. The molecule has 2 saturated heterocycles. The highest BCUT2D eigenvalue weighted by Gasteiger charge is 2.34. The van der Waals surface area contributed by atoms with Crippen molar-refractivity contribution >= 4 is 0 Å². The molecular formula is C10H22N4. The van der Waals surface area contributed by atoms with Crippen molar-refractivity contribution in [3.8, 4) is 0 Å². The Morgan fingerprint density at radius 1 is 1.21 bits per heavy atom. The molecule has 0 aliphatic carbocycles. The highest BCUT2D eigenvalue weighted by atomic mass is 15.3. The summed E-state index contributed by atoms with van der Waals surface area (Å²) in [5.41, 5.74) is 0. The van der Waals surface area contributed by atoms with E-state index in [0.717, 1.165) is 6.54 Å². The van der Waals surface area contributed by atoms with Crippen LogP contribution in [0.5, 0.6) is 0 Å². The van der Waals surface area contributed by atoms with Gasteiger partial charge in [0.1, 0.15) is 0 Å². The van der Waals surface area contributed by atoms with Gasteiger partial charge in [0.25, 0.3) is 0 Å². The molecule has 0 bridgehead atoms. The van der Waals surface area contributed by atoms with Crippen LogP contribution in [0.15, 0.2) is 0 Å². The molecule has 82 valence electrons. The average molecular weight is 198 g/mol. The summed E-state index contributed by atoms with van der Waals surface area (Å²) in [7, 11) is 4.13. The van der Waals surface area contributed by atoms with Gasteiger partial charge in [0.05, 0.1) is 6.17 Å². The number of likely N-dealkylation sites (N-methyl/N-ethyl adjacent to an activating group) is 2. The van der Waals surface area contributed by atoms with Gasteiger partial charge in [-0.2, -0.15) is 0 Å². The van der Waals surface area contributed by atoms with Gasteiger partial charge >= 0.3 is 0 Å². The van der Waals surface area contributed by atoms with Gasteiger partial charge in [0, 0.05) is 25.2 Å². The van der Waals surface area contributed by atoms with E-state index in [2.05, 4.69) is 34.9 Å². The molecule has 2 fully saturated rings. The van der Waals surface area contributed by atoms with Crippen LogP contribution in [-0.2, 0) is 0 Å². The van der Waals surface area contributed by atoms with Gasteiger partial charge in [0.15, 0.2) is 0 Å². The molecular weight excluding hydrogens is 176 g/mol. The van der Waals surface area contributed by atoms with E-state index in [4.69, 9.17) is 0 Å². The Balaban J connectivity index is 1.89. The van der Waals surface area contributed by atoms with Crippen LogP contribution in [0.3, 0.4) is 0 Å². The number of hydrogen-bond acceptors (Lipinski definition) is 4. The molecule has 3 N–H and O–H groups in total. The third-order valence-electron chi connectivity index (χ3n) is 3.58. The molecule has 2 aliphatic heterocycles. The summed E-state index contributed by atoms with van der Waals surface area (Å²) in [4.78, 5) is 2.56. The molecule has 4 heteroatoms. The number of hydrogen-bond donors (Lipinski definition) is 3. The van der Waals surface area contributed by atoms with Gasteiger partial charge < -0.3 is 16.0 Å². The lowest BCUT2D eigenvalue weighted by atomic mass is 10.2. The lowest BCUT2D eigenvalue weighted by Gasteiger charge is -2.29. The van der Waals surface area contributed by atoms with Crippen LogP contribution in [0.25, 0.3) is 0 Å². The molecule has 0 radical (unpaired) electrons. The minimum atomic E-state index is 0.554. The molecule has 0 aromatic rings. The van der Waals surface area contributed by atoms with Crippen LogP contribution in [0.1, 0.15) is 12.8 Å². The van der Waals surface area contributed by atoms with Gasteiger partial charge in [0.2, 0.25) is 0 Å². The second-order valence-corrected chi connectivity index (χ2v) is 4.35. The fraction of sp³-hybridized carbons (Fsp3) is 1.00. The van der Waals surface area contributed by atoms with Crippen LogP contribution in [0, 0.1) is 0 Å². The summed E-state index contributed by atoms with van der Waals surface area (Å²) in [6.07, 6.45) is 3.09. The number of likely N-dealkylation sites (tertiary alicyclic amines) is 1. The lowest BCUT2D eigenvalue weighted by Crippen LogP contribution is -2.51. The molecule has 4 nitrogen and oxygen atoms in total. The summed E-state index contributed by atoms with van der Waals surface area (Å²) in [5, 5.41) is 10.3. The fourth-order valence-electron chi connectivity index (χ4n) is 2.65. The Morgan fingerprint density at radius 3 is 2.71 bits per heavy atom. The number of nitrogens with zero attached hydrogens (tertiary/aromatic N) is 1. The maximum Gasteiger partial charge on any atom is 0.0756 e. The van der Waals surface area contributed by atoms with Gasteiger partial charge in [-0.05, 0) is 33.5 Å². The first-order valence-corrected chi connectivity index (χ1v) is 5.67. The van der Waals surface area contributed by atoms with E-state index in [1.54, 1.807) is 0 Å². The molecule has 3 atom stereocenters. The van der Waals surface area contributed by atoms with Crippen molar-refractivity contribution in [2.75, 3.05) is 33.7 Å². The predicted molar refractivity (Wildman–Crippen MR) is 58.3 cm³/mol. The van der Waals surface area contributed by atoms with Crippen molar-refractivity contribution in [3.05, 3.63) is 0 Å². The summed E-state index contributed by atoms with van der Waals surface area (Å²) in [5.74, 6) is 0. The highest BCUT2D eigenvalue weighted by molar-refractivity contribution is 4.93. The summed E-state index contributed by atoms with van der Waals surface area (Å²) >= 11 is 0. The first kappa shape index (κ1) is 10.4. The van der Waals surface area contributed by atoms with Crippen molar-refractivity contribution in [3.63, 3.8) is 0 Å². The second-order valence-electron chi connectivity index (χ2n) is 4.35. The van der Waals surface area contributed by atoms with Crippen molar-refractivity contribution in [1.29, 1.82) is 0 Å². The van der Waals surface area contributed by atoms with E-state index in [0.29, 0.717) is 18.2 Å². The predicted octanol–water partition coefficient (Wildman–Crippen LogP) is -0.812. The first-order chi connectivity index (χ1) is 6.85. The van der Waals surface area contributed by atoms with E-state index in [-0.39, 0.29) is 0 Å². The Hall–Kier alpha value is -0.160. The zero-order chi connectivity index (χ0) is 9.97. The maximum absolute atomic E-state index is 3.58. The van der Waals surface area contributed by atoms with E-state index in [1.165, 1.54) is 25.9 Å². The second kappa shape index (κ2) is 4.57. The standard InChI is InChI=1S/C10H22N4/c1-11-8-4-6-14(7-8)10-9(12-2)3-5-13-10/h8-13H,3-7H2,1-2H3/t8-,9+,10+/m0/s1. The largest absolute Gasteiger partial charge is 0.316 e. The first-order valence-electron chi connectivity index (χ1n) is 5.67. The normalized spacial score (nSPS) is 39.4. The number of rotatable bonds is 3. The quantitative estimate of drug-likeness (QED) is 0.554. The van der Waals surface area contributed by atoms with E-state index in [1.807, 2.05) is 0 Å². The minimum absolute atomic E-state index is 0.554. The molecule has 0 aromatic carbocycles. The summed E-state index contributed by atoms with van der Waals surface area (Å²) in [6, 6.07) is 1.32. The van der Waals surface area contributed by atoms with E-state index in [9.17, 15) is 0 Å². The SMILES string of the molecule is CN[C@H]1CCN([C@H]2NCC[C@H]2NC)C1. The van der Waals surface area contributed by atoms with Crippen LogP contribution < -0.4 is 16.0 Å². The third kappa shape index (κ3) is 1.93. The van der Waals surface area contributed by atoms with Crippen LogP contribution in [0.4, 0.5) is 0 Å². The monoisotopic (exact) mass is 198 g/mol. The van der Waals surface area contributed by atoms with E-state index >= 15 is 0 Å². The Bertz CT molecular complexity index is 185. The smallest absolute Gasteiger partial charge is 0.0756 e. The highest BCUT2D eigenvalue weighted by Crippen LogP contribution is 2.17. The zero-order valence-corrected chi connectivity index (χ0v) is 9.21. The van der Waals surface area contributed by atoms with Crippen LogP contribution >= 0.6 is 0 Å². The maximum atomic E-state index is 3.58. The molecule has 2 rings (SSSR count). The van der Waals surface area contributed by atoms with Gasteiger partial charge in [-0.1, -0.05) is 0 Å². The van der Waals surface area contributed by atoms with Crippen LogP contribution in [-0.4, -0.2) is 56.9 Å². The van der Waals surface area contributed by atoms with E-state index < -0.39 is 0 Å². The van der Waals surface area contributed by atoms with Crippen molar-refractivity contribution in [2.24, 2.45) is 0 Å². The Morgan fingerprint density at radius 2 is 2.07 bits per heavy atom. The molecule has 0 aromatic heterocycles. The Kier molecular flexibility index (Phi) is 3.38. The number of nitrogens with one attached hydrogen (secondary N) is 3. The molecule has 2 heterocycles. The molecule has 0 amide bonds. The average Bonchev–Trinajstić information content (AvgIpc) is 2.85. The molecule has 0 unspecified atom stereocenters. The van der Waals surface area contributed by atoms with Gasteiger partial charge in [-0.3, -0.25) is 4.90 Å². The molecule has 2 aliphatic rings. The Labute approximate surface area is 86.4 Å². The molecule has 0 saturated carbocycles. The van der Waals surface area contributed by atoms with Crippen molar-refractivity contribution in [2.45, 2.75) is 31.1 Å². The zero-order valence-electron chi connectivity index (χ0n) is 9.21. The van der Waals surface area contributed by atoms with Gasteiger partial charge in [-0.25, -0.2) is 0 Å². The molecule has 14 heavy (non-hydrogen) atoms. The molecule has 0 spiro atoms. The summed E-state index contributed by atoms with van der Waals surface area (Å²) in [6.45, 7) is 3.56. The summed E-state index contributed by atoms with van der Waals surface area (Å²) < 4.78 is 0. The van der Waals surface area contributed by atoms with Crippen molar-refractivity contribution < 1.29 is 0 Å². The van der Waals surface area contributed by atoms with Crippen LogP contribution in [0.2, 0.25) is 0 Å². The van der Waals surface area contributed by atoms with Gasteiger partial charge in [-0.15, -0.1) is 0 Å².